The van der Waals surface area contributed by atoms with E-state index < -0.39 is 58.0 Å². The number of aliphatic hydroxyl groups is 3. The van der Waals surface area contributed by atoms with Crippen molar-refractivity contribution in [3.63, 3.8) is 0 Å². The van der Waals surface area contributed by atoms with Gasteiger partial charge < -0.3 is 30.9 Å². The Morgan fingerprint density at radius 1 is 1.23 bits per heavy atom. The second-order valence-electron chi connectivity index (χ2n) is 9.60. The maximum atomic E-state index is 13.6. The van der Waals surface area contributed by atoms with Crippen LogP contribution in [0.1, 0.15) is 42.1 Å². The molecule has 3 aliphatic rings. The third-order valence-corrected chi connectivity index (χ3v) is 7.32. The first-order valence-corrected chi connectivity index (χ1v) is 11.6. The van der Waals surface area contributed by atoms with Crippen LogP contribution in [0.4, 0.5) is 0 Å². The van der Waals surface area contributed by atoms with Gasteiger partial charge in [-0.05, 0) is 51.4 Å². The van der Waals surface area contributed by atoms with Crippen LogP contribution >= 0.6 is 0 Å². The third kappa shape index (κ3) is 3.51. The zero-order valence-corrected chi connectivity index (χ0v) is 19.9. The van der Waals surface area contributed by atoms with Crippen LogP contribution in [0.3, 0.4) is 0 Å². The molecule has 0 saturated carbocycles. The van der Waals surface area contributed by atoms with Crippen molar-refractivity contribution in [2.75, 3.05) is 20.7 Å². The van der Waals surface area contributed by atoms with E-state index in [2.05, 4.69) is 0 Å². The first-order chi connectivity index (χ1) is 16.5. The van der Waals surface area contributed by atoms with E-state index in [0.717, 1.165) is 12.8 Å². The first-order valence-electron chi connectivity index (χ1n) is 11.6. The Labute approximate surface area is 202 Å². The number of unbranched alkanes of at least 4 members (excludes halogenated alkanes) is 1. The van der Waals surface area contributed by atoms with Gasteiger partial charge in [0.25, 0.3) is 5.91 Å². The summed E-state index contributed by atoms with van der Waals surface area (Å²) in [6, 6.07) is 1.89. The van der Waals surface area contributed by atoms with Crippen molar-refractivity contribution >= 4 is 17.5 Å². The molecule has 1 aromatic carbocycles. The highest BCUT2D eigenvalue weighted by Crippen LogP contribution is 2.53. The molecule has 0 saturated heterocycles. The number of aliphatic hydroxyl groups excluding tert-OH is 2. The van der Waals surface area contributed by atoms with E-state index in [1.807, 2.05) is 6.92 Å². The van der Waals surface area contributed by atoms with Crippen molar-refractivity contribution in [2.24, 2.45) is 17.6 Å². The van der Waals surface area contributed by atoms with E-state index >= 15 is 0 Å². The van der Waals surface area contributed by atoms with Crippen LogP contribution in [-0.4, -0.2) is 75.1 Å². The number of carbonyl (C=O) groups is 3. The number of allylic oxidation sites excluding steroid dienone is 1. The number of phenolic OH excluding ortho intramolecular Hbond substituents is 1. The first kappa shape index (κ1) is 24.7. The molecule has 0 fully saturated rings. The lowest BCUT2D eigenvalue weighted by molar-refractivity contribution is -0.148. The van der Waals surface area contributed by atoms with Gasteiger partial charge in [-0.2, -0.15) is 0 Å². The zero-order valence-electron chi connectivity index (χ0n) is 19.9. The predicted molar refractivity (Wildman–Crippen MR) is 124 cm³/mol. The molecule has 0 aliphatic heterocycles. The molecular weight excluding hydrogens is 456 g/mol. The highest BCUT2D eigenvalue weighted by molar-refractivity contribution is 6.24. The summed E-state index contributed by atoms with van der Waals surface area (Å²) < 4.78 is 5.86. The summed E-state index contributed by atoms with van der Waals surface area (Å²) in [4.78, 5) is 40.3. The summed E-state index contributed by atoms with van der Waals surface area (Å²) in [6.45, 7) is 2.44. The number of hydrogen-bond donors (Lipinski definition) is 5. The quantitative estimate of drug-likeness (QED) is 0.294. The minimum Gasteiger partial charge on any atom is -0.510 e. The van der Waals surface area contributed by atoms with Gasteiger partial charge in [0.2, 0.25) is 5.78 Å². The van der Waals surface area contributed by atoms with E-state index in [-0.39, 0.29) is 29.7 Å². The number of phenols is 1. The second kappa shape index (κ2) is 8.69. The largest absolute Gasteiger partial charge is 0.510 e. The molecular formula is C25H30N2O8. The van der Waals surface area contributed by atoms with E-state index in [1.54, 1.807) is 20.2 Å². The number of ketones is 2. The molecule has 0 spiro atoms. The van der Waals surface area contributed by atoms with E-state index in [0.29, 0.717) is 17.9 Å². The molecule has 0 bridgehead atoms. The molecule has 0 aromatic heterocycles. The number of likely N-dealkylation sites (N-methyl/N-ethyl adjacent to an activating group) is 1. The van der Waals surface area contributed by atoms with Crippen LogP contribution < -0.4 is 10.5 Å². The number of rotatable bonds is 6. The maximum absolute atomic E-state index is 13.6. The second-order valence-corrected chi connectivity index (χ2v) is 9.60. The Balaban J connectivity index is 1.89. The molecule has 4 atom stereocenters. The zero-order chi connectivity index (χ0) is 25.8. The van der Waals surface area contributed by atoms with E-state index in [4.69, 9.17) is 10.5 Å². The molecule has 1 aromatic rings. The lowest BCUT2D eigenvalue weighted by atomic mass is 9.58. The van der Waals surface area contributed by atoms with Crippen LogP contribution in [0.5, 0.6) is 11.5 Å². The van der Waals surface area contributed by atoms with Crippen molar-refractivity contribution in [1.82, 2.24) is 4.90 Å². The monoisotopic (exact) mass is 486 g/mol. The standard InChI is InChI=1S/C25H30N2O8/c1-4-5-8-35-15-7-6-14(28)17-12(15)9-11-10-13-19(27(2)3)21(30)18(24(26)33)23(32)25(13,34)22(31)16(11)20(17)29/h6-7,11,13,19,28,30-31,34H,4-5,8-10H2,1-3H3,(H2,26,33)/t11-,13-,19-,25-/m1/s1. The summed E-state index contributed by atoms with van der Waals surface area (Å²) >= 11 is 0. The molecule has 3 aliphatic carbocycles. The summed E-state index contributed by atoms with van der Waals surface area (Å²) in [5.41, 5.74) is 2.10. The normalized spacial score (nSPS) is 28.1. The molecule has 0 radical (unpaired) electrons. The number of ether oxygens (including phenoxy) is 1. The van der Waals surface area contributed by atoms with Crippen LogP contribution in [0, 0.1) is 11.8 Å². The van der Waals surface area contributed by atoms with Crippen molar-refractivity contribution in [3.05, 3.63) is 45.9 Å². The smallest absolute Gasteiger partial charge is 0.255 e. The minimum atomic E-state index is -2.64. The highest BCUT2D eigenvalue weighted by Gasteiger charge is 2.63. The minimum absolute atomic E-state index is 0.0375. The molecule has 10 heteroatoms. The van der Waals surface area contributed by atoms with Gasteiger partial charge >= 0.3 is 0 Å². The summed E-state index contributed by atoms with van der Waals surface area (Å²) in [6.07, 6.45) is 1.95. The van der Waals surface area contributed by atoms with Crippen LogP contribution in [0.15, 0.2) is 34.8 Å². The average Bonchev–Trinajstić information content (AvgIpc) is 2.77. The lowest BCUT2D eigenvalue weighted by Crippen LogP contribution is -2.63. The topological polar surface area (TPSA) is 171 Å². The molecule has 188 valence electrons. The van der Waals surface area contributed by atoms with Gasteiger partial charge in [0.05, 0.1) is 18.2 Å². The Kier molecular flexibility index (Phi) is 6.14. The number of nitrogens with zero attached hydrogens (tertiary/aromatic N) is 1. The molecule has 0 unspecified atom stereocenters. The number of carbonyl (C=O) groups excluding carboxylic acids is 3. The molecule has 35 heavy (non-hydrogen) atoms. The number of hydrogen-bond acceptors (Lipinski definition) is 9. The molecule has 6 N–H and O–H groups in total. The SMILES string of the molecule is CCCCOc1ccc(O)c2c1C[C@@H]1C[C@@H]3[C@@H](N(C)C)C(O)=C(C(N)=O)C(=O)[C@]3(O)C(O)=C1C2=O. The van der Waals surface area contributed by atoms with Crippen molar-refractivity contribution in [1.29, 1.82) is 0 Å². The summed E-state index contributed by atoms with van der Waals surface area (Å²) in [5.74, 6) is -6.26. The van der Waals surface area contributed by atoms with Crippen LogP contribution in [-0.2, 0) is 16.0 Å². The van der Waals surface area contributed by atoms with Crippen molar-refractivity contribution in [3.8, 4) is 11.5 Å². The van der Waals surface area contributed by atoms with Crippen molar-refractivity contribution in [2.45, 2.75) is 44.2 Å². The number of amides is 1. The Bertz CT molecular complexity index is 1180. The Hall–Kier alpha value is -3.37. The Morgan fingerprint density at radius 3 is 2.51 bits per heavy atom. The summed E-state index contributed by atoms with van der Waals surface area (Å²) in [5, 5.41) is 44.1. The van der Waals surface area contributed by atoms with Gasteiger partial charge in [0.15, 0.2) is 11.4 Å². The number of benzene rings is 1. The van der Waals surface area contributed by atoms with Gasteiger partial charge in [-0.3, -0.25) is 19.3 Å². The molecule has 10 nitrogen and oxygen atoms in total. The average molecular weight is 487 g/mol. The van der Waals surface area contributed by atoms with Gasteiger partial charge in [-0.1, -0.05) is 13.3 Å². The fourth-order valence-corrected chi connectivity index (χ4v) is 5.68. The van der Waals surface area contributed by atoms with Crippen molar-refractivity contribution < 1.29 is 39.5 Å². The van der Waals surface area contributed by atoms with E-state index in [9.17, 15) is 34.8 Å². The van der Waals surface area contributed by atoms with Gasteiger partial charge in [-0.25, -0.2) is 0 Å². The fourth-order valence-electron chi connectivity index (χ4n) is 5.68. The number of primary amides is 1. The lowest BCUT2D eigenvalue weighted by Gasteiger charge is -2.50. The Morgan fingerprint density at radius 2 is 1.91 bits per heavy atom. The summed E-state index contributed by atoms with van der Waals surface area (Å²) in [7, 11) is 3.18. The maximum Gasteiger partial charge on any atom is 0.255 e. The van der Waals surface area contributed by atoms with E-state index in [1.165, 1.54) is 11.0 Å². The number of nitrogens with two attached hydrogens (primary N) is 1. The highest BCUT2D eigenvalue weighted by atomic mass is 16.5. The van der Waals surface area contributed by atoms with Gasteiger partial charge in [-0.15, -0.1) is 0 Å². The predicted octanol–water partition coefficient (Wildman–Crippen LogP) is 1.30. The number of aromatic hydroxyl groups is 1. The van der Waals surface area contributed by atoms with Crippen LogP contribution in [0.2, 0.25) is 0 Å². The fraction of sp³-hybridized carbons (Fsp3) is 0.480. The number of fused-ring (bicyclic) bond motifs is 3. The number of Topliss-reactive ketones (excluding diaryl/α,β-unsaturated/α-hetero) is 2. The third-order valence-electron chi connectivity index (χ3n) is 7.32. The molecule has 1 amide bonds. The van der Waals surface area contributed by atoms with Crippen LogP contribution in [0.25, 0.3) is 0 Å². The molecule has 4 rings (SSSR count). The van der Waals surface area contributed by atoms with Gasteiger partial charge in [0.1, 0.15) is 28.6 Å². The molecule has 0 heterocycles. The van der Waals surface area contributed by atoms with Gasteiger partial charge in [0, 0.05) is 17.1 Å².